The van der Waals surface area contributed by atoms with Gasteiger partial charge in [-0.2, -0.15) is 0 Å². The third-order valence-electron chi connectivity index (χ3n) is 4.89. The maximum Gasteiger partial charge on any atom is 0.254 e. The van der Waals surface area contributed by atoms with E-state index >= 15 is 0 Å². The van der Waals surface area contributed by atoms with Gasteiger partial charge in [0.25, 0.3) is 5.91 Å². The Hall–Kier alpha value is -0.613. The zero-order valence-electron chi connectivity index (χ0n) is 11.7. The first-order valence-corrected chi connectivity index (χ1v) is 11.2. The lowest BCUT2D eigenvalue weighted by Crippen LogP contribution is -2.54. The van der Waals surface area contributed by atoms with Crippen LogP contribution in [0.4, 0.5) is 0 Å². The van der Waals surface area contributed by atoms with E-state index in [2.05, 4.69) is 40.5 Å². The van der Waals surface area contributed by atoms with Crippen LogP contribution in [0.25, 0.3) is 0 Å². The van der Waals surface area contributed by atoms with Crippen molar-refractivity contribution >= 4 is 29.9 Å². The van der Waals surface area contributed by atoms with Gasteiger partial charge >= 0.3 is 0 Å². The highest BCUT2D eigenvalue weighted by Gasteiger charge is 2.69. The molecule has 0 bridgehead atoms. The number of carbonyl (C=O) groups excluding carboxylic acids is 1. The zero-order valence-corrected chi connectivity index (χ0v) is 14.3. The Labute approximate surface area is 124 Å². The maximum absolute atomic E-state index is 12.8. The number of rotatable bonds is 2. The standard InChI is InChI=1S/C15H20BrNOSi/c1-19(2,3)15-10-12(15)8-9-17(15)14(18)11-4-6-13(16)7-5-11/h4-7,12H,8-10H2,1-3H3. The van der Waals surface area contributed by atoms with Gasteiger partial charge in [0.2, 0.25) is 0 Å². The fourth-order valence-corrected chi connectivity index (χ4v) is 7.34. The van der Waals surface area contributed by atoms with Crippen molar-refractivity contribution in [3.63, 3.8) is 0 Å². The summed E-state index contributed by atoms with van der Waals surface area (Å²) < 4.78 is 1.02. The van der Waals surface area contributed by atoms with Crippen molar-refractivity contribution in [3.8, 4) is 0 Å². The van der Waals surface area contributed by atoms with E-state index < -0.39 is 8.07 Å². The minimum absolute atomic E-state index is 0.231. The fourth-order valence-electron chi connectivity index (χ4n) is 3.83. The summed E-state index contributed by atoms with van der Waals surface area (Å²) in [6.07, 6.45) is 2.44. The van der Waals surface area contributed by atoms with Crippen molar-refractivity contribution < 1.29 is 4.79 Å². The van der Waals surface area contributed by atoms with Gasteiger partial charge in [0, 0.05) is 21.7 Å². The molecule has 0 radical (unpaired) electrons. The molecule has 1 aliphatic carbocycles. The molecule has 1 amide bonds. The third-order valence-corrected chi connectivity index (χ3v) is 8.90. The van der Waals surface area contributed by atoms with E-state index in [0.717, 1.165) is 22.5 Å². The second kappa shape index (κ2) is 4.19. The number of hydrogen-bond acceptors (Lipinski definition) is 1. The van der Waals surface area contributed by atoms with Crippen molar-refractivity contribution in [2.75, 3.05) is 6.54 Å². The minimum Gasteiger partial charge on any atom is -0.335 e. The molecule has 4 heteroatoms. The van der Waals surface area contributed by atoms with Crippen LogP contribution in [0.5, 0.6) is 0 Å². The van der Waals surface area contributed by atoms with Gasteiger partial charge in [0.05, 0.1) is 8.07 Å². The van der Waals surface area contributed by atoms with Gasteiger partial charge in [-0.25, -0.2) is 0 Å². The number of likely N-dealkylation sites (tertiary alicyclic amines) is 1. The molecule has 1 aromatic rings. The lowest BCUT2D eigenvalue weighted by molar-refractivity contribution is 0.0741. The first kappa shape index (κ1) is 13.4. The number of nitrogens with zero attached hydrogens (tertiary/aromatic N) is 1. The molecule has 0 aromatic heterocycles. The Morgan fingerprint density at radius 3 is 2.47 bits per heavy atom. The number of carbonyl (C=O) groups is 1. The molecule has 2 aliphatic rings. The molecular formula is C15H20BrNOSi. The molecule has 19 heavy (non-hydrogen) atoms. The first-order chi connectivity index (χ1) is 8.86. The van der Waals surface area contributed by atoms with Gasteiger partial charge in [0.15, 0.2) is 0 Å². The van der Waals surface area contributed by atoms with Crippen LogP contribution >= 0.6 is 15.9 Å². The summed E-state index contributed by atoms with van der Waals surface area (Å²) in [5, 5.41) is 0.247. The van der Waals surface area contributed by atoms with Crippen molar-refractivity contribution in [1.82, 2.24) is 4.90 Å². The van der Waals surface area contributed by atoms with E-state index in [1.165, 1.54) is 12.8 Å². The predicted octanol–water partition coefficient (Wildman–Crippen LogP) is 3.93. The topological polar surface area (TPSA) is 20.3 Å². The third kappa shape index (κ3) is 1.91. The second-order valence-electron chi connectivity index (χ2n) is 6.83. The highest BCUT2D eigenvalue weighted by atomic mass is 79.9. The summed E-state index contributed by atoms with van der Waals surface area (Å²) in [7, 11) is -1.35. The molecule has 2 unspecified atom stereocenters. The predicted molar refractivity (Wildman–Crippen MR) is 84.0 cm³/mol. The van der Waals surface area contributed by atoms with Crippen LogP contribution < -0.4 is 0 Å². The average molecular weight is 338 g/mol. The van der Waals surface area contributed by atoms with Gasteiger partial charge in [-0.1, -0.05) is 35.6 Å². The van der Waals surface area contributed by atoms with E-state index in [0.29, 0.717) is 0 Å². The maximum atomic E-state index is 12.8. The lowest BCUT2D eigenvalue weighted by atomic mass is 10.2. The molecule has 1 saturated heterocycles. The van der Waals surface area contributed by atoms with Crippen molar-refractivity contribution in [2.24, 2.45) is 5.92 Å². The van der Waals surface area contributed by atoms with Gasteiger partial charge < -0.3 is 4.90 Å². The SMILES string of the molecule is C[Si](C)(C)C12CC1CCN2C(=O)c1ccc(Br)cc1. The van der Waals surface area contributed by atoms with Crippen LogP contribution in [-0.4, -0.2) is 30.6 Å². The van der Waals surface area contributed by atoms with Crippen LogP contribution in [-0.2, 0) is 0 Å². The van der Waals surface area contributed by atoms with Crippen molar-refractivity contribution in [2.45, 2.75) is 37.6 Å². The molecule has 2 fully saturated rings. The number of benzene rings is 1. The van der Waals surface area contributed by atoms with Gasteiger partial charge in [-0.05, 0) is 43.0 Å². The Morgan fingerprint density at radius 1 is 1.32 bits per heavy atom. The average Bonchev–Trinajstić information content (AvgIpc) is 2.97. The molecule has 1 saturated carbocycles. The number of hydrogen-bond donors (Lipinski definition) is 0. The van der Waals surface area contributed by atoms with Crippen LogP contribution in [0.1, 0.15) is 23.2 Å². The minimum atomic E-state index is -1.35. The quantitative estimate of drug-likeness (QED) is 0.748. The summed E-state index contributed by atoms with van der Waals surface area (Å²) in [6.45, 7) is 8.16. The molecule has 2 atom stereocenters. The molecule has 1 aliphatic heterocycles. The van der Waals surface area contributed by atoms with E-state index in [1.807, 2.05) is 24.3 Å². The Bertz CT molecular complexity index is 522. The Kier molecular flexibility index (Phi) is 2.95. The molecule has 102 valence electrons. The highest BCUT2D eigenvalue weighted by molar-refractivity contribution is 9.10. The van der Waals surface area contributed by atoms with Crippen LogP contribution in [0.15, 0.2) is 28.7 Å². The summed E-state index contributed by atoms with van der Waals surface area (Å²) in [5.41, 5.74) is 0.827. The molecular weight excluding hydrogens is 318 g/mol. The fraction of sp³-hybridized carbons (Fsp3) is 0.533. The Morgan fingerprint density at radius 2 is 1.95 bits per heavy atom. The molecule has 1 aromatic carbocycles. The van der Waals surface area contributed by atoms with E-state index in [-0.39, 0.29) is 11.1 Å². The van der Waals surface area contributed by atoms with Gasteiger partial charge in [0.1, 0.15) is 0 Å². The van der Waals surface area contributed by atoms with Gasteiger partial charge in [-0.3, -0.25) is 4.79 Å². The first-order valence-electron chi connectivity index (χ1n) is 6.94. The molecule has 0 N–H and O–H groups in total. The number of amides is 1. The number of halogens is 1. The summed E-state index contributed by atoms with van der Waals surface area (Å²) in [6, 6.07) is 7.77. The monoisotopic (exact) mass is 337 g/mol. The summed E-state index contributed by atoms with van der Waals surface area (Å²) >= 11 is 3.42. The lowest BCUT2D eigenvalue weighted by Gasteiger charge is -2.37. The smallest absolute Gasteiger partial charge is 0.254 e. The highest BCUT2D eigenvalue weighted by Crippen LogP contribution is 2.60. The molecule has 1 heterocycles. The number of piperidine rings is 1. The largest absolute Gasteiger partial charge is 0.335 e. The zero-order chi connectivity index (χ0) is 13.8. The molecule has 2 nitrogen and oxygen atoms in total. The summed E-state index contributed by atoms with van der Waals surface area (Å²) in [4.78, 5) is 15.0. The van der Waals surface area contributed by atoms with E-state index in [9.17, 15) is 4.79 Å². The second-order valence-corrected chi connectivity index (χ2v) is 13.1. The van der Waals surface area contributed by atoms with Crippen molar-refractivity contribution in [1.29, 1.82) is 0 Å². The van der Waals surface area contributed by atoms with Gasteiger partial charge in [-0.15, -0.1) is 0 Å². The van der Waals surface area contributed by atoms with Crippen LogP contribution in [0.2, 0.25) is 19.6 Å². The van der Waals surface area contributed by atoms with Crippen LogP contribution in [0.3, 0.4) is 0 Å². The molecule has 0 spiro atoms. The van der Waals surface area contributed by atoms with Crippen molar-refractivity contribution in [3.05, 3.63) is 34.3 Å². The Balaban J connectivity index is 1.90. The summed E-state index contributed by atoms with van der Waals surface area (Å²) in [5.74, 6) is 1.01. The van der Waals surface area contributed by atoms with Crippen LogP contribution in [0, 0.1) is 5.92 Å². The normalized spacial score (nSPS) is 29.3. The van der Waals surface area contributed by atoms with E-state index in [4.69, 9.17) is 0 Å². The van der Waals surface area contributed by atoms with E-state index in [1.54, 1.807) is 0 Å². The molecule has 3 rings (SSSR count). The number of fused-ring (bicyclic) bond motifs is 1.